The third-order valence-corrected chi connectivity index (χ3v) is 4.41. The second-order valence-corrected chi connectivity index (χ2v) is 5.86. The maximum absolute atomic E-state index is 9.71. The highest BCUT2D eigenvalue weighted by molar-refractivity contribution is 7.11. The van der Waals surface area contributed by atoms with Gasteiger partial charge in [0.15, 0.2) is 0 Å². The molecule has 1 fully saturated rings. The zero-order valence-electron chi connectivity index (χ0n) is 10.5. The number of aliphatic hydroxyl groups excluding tert-OH is 1. The Kier molecular flexibility index (Phi) is 4.98. The van der Waals surface area contributed by atoms with Gasteiger partial charge in [0.25, 0.3) is 0 Å². The molecule has 1 aromatic heterocycles. The van der Waals surface area contributed by atoms with E-state index in [0.717, 1.165) is 11.5 Å². The van der Waals surface area contributed by atoms with Crippen LogP contribution in [0, 0.1) is 17.2 Å². The van der Waals surface area contributed by atoms with Crippen LogP contribution in [0.15, 0.2) is 17.5 Å². The van der Waals surface area contributed by atoms with Crippen LogP contribution in [0.25, 0.3) is 6.08 Å². The Hall–Kier alpha value is -1.11. The van der Waals surface area contributed by atoms with Crippen molar-refractivity contribution >= 4 is 17.4 Å². The van der Waals surface area contributed by atoms with Crippen molar-refractivity contribution < 1.29 is 5.11 Å². The van der Waals surface area contributed by atoms with Crippen molar-refractivity contribution in [1.29, 1.82) is 5.26 Å². The van der Waals surface area contributed by atoms with Crippen LogP contribution in [-0.4, -0.2) is 5.11 Å². The summed E-state index contributed by atoms with van der Waals surface area (Å²) in [6.07, 6.45) is 10.7. The van der Waals surface area contributed by atoms with Gasteiger partial charge in [0, 0.05) is 4.88 Å². The molecule has 0 amide bonds. The summed E-state index contributed by atoms with van der Waals surface area (Å²) in [6.45, 7) is 0. The molecule has 0 saturated heterocycles. The standard InChI is InChI=1S/C15H19NOS/c16-9-8-15(17)13-10-14(18-11-13)7-6-12-4-2-1-3-5-12/h6-7,10-12,15,17H,1-5,8H2. The largest absolute Gasteiger partial charge is 0.387 e. The molecule has 1 aromatic rings. The van der Waals surface area contributed by atoms with Gasteiger partial charge < -0.3 is 5.11 Å². The second-order valence-electron chi connectivity index (χ2n) is 4.92. The van der Waals surface area contributed by atoms with Gasteiger partial charge in [0.2, 0.25) is 0 Å². The fraction of sp³-hybridized carbons (Fsp3) is 0.533. The lowest BCUT2D eigenvalue weighted by Crippen LogP contribution is -2.02. The highest BCUT2D eigenvalue weighted by atomic mass is 32.1. The van der Waals surface area contributed by atoms with Crippen LogP contribution in [0.3, 0.4) is 0 Å². The minimum absolute atomic E-state index is 0.169. The van der Waals surface area contributed by atoms with Crippen LogP contribution in [0.4, 0.5) is 0 Å². The fourth-order valence-corrected chi connectivity index (χ4v) is 3.25. The number of hydrogen-bond donors (Lipinski definition) is 1. The van der Waals surface area contributed by atoms with E-state index in [9.17, 15) is 5.11 Å². The lowest BCUT2D eigenvalue weighted by Gasteiger charge is -2.17. The first-order chi connectivity index (χ1) is 8.79. The third-order valence-electron chi connectivity index (χ3n) is 3.49. The van der Waals surface area contributed by atoms with E-state index >= 15 is 0 Å². The van der Waals surface area contributed by atoms with Gasteiger partial charge in [0.05, 0.1) is 18.6 Å². The molecule has 0 aromatic carbocycles. The van der Waals surface area contributed by atoms with E-state index in [1.807, 2.05) is 17.5 Å². The van der Waals surface area contributed by atoms with Crippen molar-refractivity contribution in [3.8, 4) is 6.07 Å². The summed E-state index contributed by atoms with van der Waals surface area (Å²) in [6, 6.07) is 3.99. The van der Waals surface area contributed by atoms with E-state index in [4.69, 9.17) is 5.26 Å². The van der Waals surface area contributed by atoms with Gasteiger partial charge in [-0.3, -0.25) is 0 Å². The molecule has 1 heterocycles. The topological polar surface area (TPSA) is 44.0 Å². The number of aliphatic hydroxyl groups is 1. The average molecular weight is 261 g/mol. The van der Waals surface area contributed by atoms with Crippen molar-refractivity contribution in [2.24, 2.45) is 5.92 Å². The van der Waals surface area contributed by atoms with E-state index in [0.29, 0.717) is 0 Å². The van der Waals surface area contributed by atoms with Crippen molar-refractivity contribution in [2.45, 2.75) is 44.6 Å². The highest BCUT2D eigenvalue weighted by Gasteiger charge is 2.11. The summed E-state index contributed by atoms with van der Waals surface area (Å²) in [5, 5.41) is 20.2. The van der Waals surface area contributed by atoms with Crippen LogP contribution >= 0.6 is 11.3 Å². The van der Waals surface area contributed by atoms with Gasteiger partial charge in [-0.15, -0.1) is 11.3 Å². The summed E-state index contributed by atoms with van der Waals surface area (Å²) in [5.74, 6) is 0.730. The molecule has 2 rings (SSSR count). The Labute approximate surface area is 113 Å². The first-order valence-electron chi connectivity index (χ1n) is 6.61. The summed E-state index contributed by atoms with van der Waals surface area (Å²) in [5.41, 5.74) is 0.866. The first-order valence-corrected chi connectivity index (χ1v) is 7.49. The maximum atomic E-state index is 9.71. The Morgan fingerprint density at radius 3 is 2.94 bits per heavy atom. The number of hydrogen-bond acceptors (Lipinski definition) is 3. The first kappa shape index (κ1) is 13.3. The Morgan fingerprint density at radius 1 is 1.44 bits per heavy atom. The summed E-state index contributed by atoms with van der Waals surface area (Å²) in [4.78, 5) is 1.17. The Morgan fingerprint density at radius 2 is 2.22 bits per heavy atom. The molecule has 0 radical (unpaired) electrons. The minimum atomic E-state index is -0.636. The van der Waals surface area contributed by atoms with Gasteiger partial charge in [-0.2, -0.15) is 5.26 Å². The van der Waals surface area contributed by atoms with E-state index in [2.05, 4.69) is 12.2 Å². The zero-order chi connectivity index (χ0) is 12.8. The molecular weight excluding hydrogens is 242 g/mol. The number of allylic oxidation sites excluding steroid dienone is 1. The predicted molar refractivity (Wildman–Crippen MR) is 75.1 cm³/mol. The molecule has 0 spiro atoms. The van der Waals surface area contributed by atoms with E-state index in [1.54, 1.807) is 11.3 Å². The van der Waals surface area contributed by atoms with Crippen molar-refractivity contribution in [3.63, 3.8) is 0 Å². The van der Waals surface area contributed by atoms with Crippen LogP contribution < -0.4 is 0 Å². The lowest BCUT2D eigenvalue weighted by molar-refractivity contribution is 0.184. The number of thiophene rings is 1. The average Bonchev–Trinajstić information content (AvgIpc) is 2.87. The predicted octanol–water partition coefficient (Wildman–Crippen LogP) is 4.29. The summed E-state index contributed by atoms with van der Waals surface area (Å²) >= 11 is 1.64. The smallest absolute Gasteiger partial charge is 0.0928 e. The molecule has 1 N–H and O–H groups in total. The highest BCUT2D eigenvalue weighted by Crippen LogP contribution is 2.27. The van der Waals surface area contributed by atoms with E-state index < -0.39 is 6.10 Å². The van der Waals surface area contributed by atoms with E-state index in [-0.39, 0.29) is 6.42 Å². The molecule has 1 atom stereocenters. The van der Waals surface area contributed by atoms with E-state index in [1.165, 1.54) is 37.0 Å². The normalized spacial score (nSPS) is 18.9. The maximum Gasteiger partial charge on any atom is 0.0928 e. The lowest BCUT2D eigenvalue weighted by atomic mass is 9.89. The van der Waals surface area contributed by atoms with Crippen LogP contribution in [-0.2, 0) is 0 Å². The third kappa shape index (κ3) is 3.69. The molecule has 1 unspecified atom stereocenters. The minimum Gasteiger partial charge on any atom is -0.387 e. The molecule has 0 bridgehead atoms. The Balaban J connectivity index is 1.93. The molecule has 0 aliphatic heterocycles. The molecule has 1 saturated carbocycles. The molecule has 1 aliphatic carbocycles. The van der Waals surface area contributed by atoms with Gasteiger partial charge in [-0.25, -0.2) is 0 Å². The number of rotatable bonds is 4. The number of nitrogens with zero attached hydrogens (tertiary/aromatic N) is 1. The molecule has 2 nitrogen and oxygen atoms in total. The monoisotopic (exact) mass is 261 g/mol. The van der Waals surface area contributed by atoms with Gasteiger partial charge in [0.1, 0.15) is 0 Å². The van der Waals surface area contributed by atoms with Gasteiger partial charge in [-0.1, -0.05) is 25.3 Å². The molecule has 18 heavy (non-hydrogen) atoms. The number of nitriles is 1. The van der Waals surface area contributed by atoms with Gasteiger partial charge >= 0.3 is 0 Å². The summed E-state index contributed by atoms with van der Waals surface area (Å²) in [7, 11) is 0. The second kappa shape index (κ2) is 6.72. The Bertz CT molecular complexity index is 438. The van der Waals surface area contributed by atoms with Crippen LogP contribution in [0.1, 0.15) is 55.1 Å². The molecule has 1 aliphatic rings. The fourth-order valence-electron chi connectivity index (χ4n) is 2.39. The molecule has 3 heteroatoms. The summed E-state index contributed by atoms with van der Waals surface area (Å²) < 4.78 is 0. The SMILES string of the molecule is N#CCC(O)c1csc(C=CC2CCCCC2)c1. The molecular formula is C15H19NOS. The van der Waals surface area contributed by atoms with Crippen LogP contribution in [0.2, 0.25) is 0 Å². The van der Waals surface area contributed by atoms with Crippen LogP contribution in [0.5, 0.6) is 0 Å². The molecule has 96 valence electrons. The van der Waals surface area contributed by atoms with Crippen molar-refractivity contribution in [3.05, 3.63) is 28.0 Å². The van der Waals surface area contributed by atoms with Crippen molar-refractivity contribution in [2.75, 3.05) is 0 Å². The van der Waals surface area contributed by atoms with Gasteiger partial charge in [-0.05, 0) is 41.8 Å². The zero-order valence-corrected chi connectivity index (χ0v) is 11.3. The quantitative estimate of drug-likeness (QED) is 0.878. The van der Waals surface area contributed by atoms with Crippen molar-refractivity contribution in [1.82, 2.24) is 0 Å².